The van der Waals surface area contributed by atoms with Crippen LogP contribution in [0, 0.1) is 0 Å². The third kappa shape index (κ3) is 1.92. The first-order chi connectivity index (χ1) is 9.11. The number of carbonyl (C=O) groups excluding carboxylic acids is 1. The van der Waals surface area contributed by atoms with Crippen molar-refractivity contribution in [3.63, 3.8) is 0 Å². The second-order valence-electron chi connectivity index (χ2n) is 4.44. The predicted octanol–water partition coefficient (Wildman–Crippen LogP) is 1.83. The molecule has 3 rings (SSSR count). The van der Waals surface area contributed by atoms with Gasteiger partial charge in [-0.15, -0.1) is 0 Å². The average Bonchev–Trinajstić information content (AvgIpc) is 3.17. The van der Waals surface area contributed by atoms with Crippen molar-refractivity contribution in [2.24, 2.45) is 0 Å². The summed E-state index contributed by atoms with van der Waals surface area (Å²) < 4.78 is 15.9. The van der Waals surface area contributed by atoms with Gasteiger partial charge in [-0.3, -0.25) is 4.79 Å². The van der Waals surface area contributed by atoms with E-state index in [1.165, 1.54) is 20.1 Å². The standard InChI is InChI=1S/C14H12O5/c1-7(15)12-14(19-12)11-9(17-2)5-3-8-4-6-10(16)18-13(8)11/h3-6,12,14H,1-2H3/t12-,14-/m1/s1. The monoisotopic (exact) mass is 260 g/mol. The van der Waals surface area contributed by atoms with Crippen LogP contribution in [0.25, 0.3) is 11.0 Å². The number of benzene rings is 1. The Morgan fingerprint density at radius 3 is 2.63 bits per heavy atom. The fourth-order valence-electron chi connectivity index (χ4n) is 2.22. The Hall–Kier alpha value is -2.14. The molecule has 1 aromatic heterocycles. The minimum atomic E-state index is -0.481. The van der Waals surface area contributed by atoms with Gasteiger partial charge in [-0.1, -0.05) is 0 Å². The lowest BCUT2D eigenvalue weighted by atomic mass is 10.0. The summed E-state index contributed by atoms with van der Waals surface area (Å²) in [5.74, 6) is 0.498. The zero-order valence-electron chi connectivity index (χ0n) is 10.5. The number of ether oxygens (including phenoxy) is 2. The molecule has 0 amide bonds. The number of hydrogen-bond donors (Lipinski definition) is 0. The molecule has 2 atom stereocenters. The van der Waals surface area contributed by atoms with Gasteiger partial charge in [0.25, 0.3) is 0 Å². The highest BCUT2D eigenvalue weighted by Crippen LogP contribution is 2.46. The third-order valence-corrected chi connectivity index (χ3v) is 3.18. The van der Waals surface area contributed by atoms with E-state index >= 15 is 0 Å². The van der Waals surface area contributed by atoms with Crippen LogP contribution in [0.1, 0.15) is 18.6 Å². The summed E-state index contributed by atoms with van der Waals surface area (Å²) in [6.07, 6.45) is -0.883. The number of methoxy groups -OCH3 is 1. The second kappa shape index (κ2) is 4.20. The van der Waals surface area contributed by atoms with Crippen LogP contribution in [-0.4, -0.2) is 19.0 Å². The normalized spacial score (nSPS) is 21.4. The number of carbonyl (C=O) groups is 1. The lowest BCUT2D eigenvalue weighted by molar-refractivity contribution is -0.118. The molecular formula is C14H12O5. The molecule has 98 valence electrons. The summed E-state index contributed by atoms with van der Waals surface area (Å²) in [7, 11) is 1.52. The summed E-state index contributed by atoms with van der Waals surface area (Å²) in [5.41, 5.74) is 0.598. The van der Waals surface area contributed by atoms with E-state index < -0.39 is 17.8 Å². The van der Waals surface area contributed by atoms with Gasteiger partial charge in [0.15, 0.2) is 5.78 Å². The molecule has 0 spiro atoms. The quantitative estimate of drug-likeness (QED) is 0.622. The summed E-state index contributed by atoms with van der Waals surface area (Å²) in [4.78, 5) is 22.7. The smallest absolute Gasteiger partial charge is 0.336 e. The van der Waals surface area contributed by atoms with E-state index in [1.807, 2.05) is 0 Å². The van der Waals surface area contributed by atoms with Gasteiger partial charge in [-0.05, 0) is 25.1 Å². The summed E-state index contributed by atoms with van der Waals surface area (Å²) in [5, 5.41) is 0.771. The van der Waals surface area contributed by atoms with Crippen LogP contribution >= 0.6 is 0 Å². The maximum atomic E-state index is 11.4. The topological polar surface area (TPSA) is 69.0 Å². The van der Waals surface area contributed by atoms with E-state index in [2.05, 4.69) is 0 Å². The van der Waals surface area contributed by atoms with Gasteiger partial charge in [0.1, 0.15) is 23.5 Å². The predicted molar refractivity (Wildman–Crippen MR) is 67.3 cm³/mol. The van der Waals surface area contributed by atoms with Gasteiger partial charge in [-0.25, -0.2) is 4.79 Å². The number of epoxide rings is 1. The van der Waals surface area contributed by atoms with Crippen molar-refractivity contribution in [1.82, 2.24) is 0 Å². The number of rotatable bonds is 3. The highest BCUT2D eigenvalue weighted by molar-refractivity contribution is 5.88. The Balaban J connectivity index is 2.22. The number of Topliss-reactive ketones (excluding diaryl/α,β-unsaturated/α-hetero) is 1. The molecule has 0 radical (unpaired) electrons. The van der Waals surface area contributed by atoms with E-state index in [-0.39, 0.29) is 5.78 Å². The highest BCUT2D eigenvalue weighted by Gasteiger charge is 2.47. The van der Waals surface area contributed by atoms with Gasteiger partial charge >= 0.3 is 5.63 Å². The molecule has 2 aromatic rings. The van der Waals surface area contributed by atoms with E-state index in [1.54, 1.807) is 18.2 Å². The number of ketones is 1. The van der Waals surface area contributed by atoms with E-state index in [9.17, 15) is 9.59 Å². The van der Waals surface area contributed by atoms with Crippen LogP contribution in [0.5, 0.6) is 5.75 Å². The first kappa shape index (κ1) is 11.9. The van der Waals surface area contributed by atoms with E-state index in [0.717, 1.165) is 5.39 Å². The molecule has 1 saturated heterocycles. The molecule has 0 saturated carbocycles. The Morgan fingerprint density at radius 1 is 1.26 bits per heavy atom. The van der Waals surface area contributed by atoms with Crippen LogP contribution in [0.15, 0.2) is 33.5 Å². The van der Waals surface area contributed by atoms with Crippen molar-refractivity contribution >= 4 is 16.8 Å². The SMILES string of the molecule is COc1ccc2ccc(=O)oc2c1[C@H]1O[C@@H]1C(C)=O. The van der Waals surface area contributed by atoms with Crippen molar-refractivity contribution < 1.29 is 18.7 Å². The van der Waals surface area contributed by atoms with Crippen molar-refractivity contribution in [1.29, 1.82) is 0 Å². The molecule has 1 aliphatic rings. The highest BCUT2D eigenvalue weighted by atomic mass is 16.6. The van der Waals surface area contributed by atoms with Crippen LogP contribution in [0.4, 0.5) is 0 Å². The zero-order chi connectivity index (χ0) is 13.6. The maximum Gasteiger partial charge on any atom is 0.336 e. The third-order valence-electron chi connectivity index (χ3n) is 3.18. The maximum absolute atomic E-state index is 11.4. The molecule has 19 heavy (non-hydrogen) atoms. The molecule has 0 aliphatic carbocycles. The molecule has 0 unspecified atom stereocenters. The zero-order valence-corrected chi connectivity index (χ0v) is 10.5. The Kier molecular flexibility index (Phi) is 2.64. The molecule has 0 bridgehead atoms. The molecule has 2 heterocycles. The van der Waals surface area contributed by atoms with Crippen molar-refractivity contribution in [3.8, 4) is 5.75 Å². The van der Waals surface area contributed by atoms with Gasteiger partial charge in [0.05, 0.1) is 12.7 Å². The van der Waals surface area contributed by atoms with E-state index in [0.29, 0.717) is 16.9 Å². The van der Waals surface area contributed by atoms with Gasteiger partial charge in [0, 0.05) is 11.5 Å². The summed E-state index contributed by atoms with van der Waals surface area (Å²) in [6, 6.07) is 6.60. The first-order valence-corrected chi connectivity index (χ1v) is 5.88. The molecule has 1 aliphatic heterocycles. The largest absolute Gasteiger partial charge is 0.496 e. The molecule has 5 nitrogen and oxygen atoms in total. The van der Waals surface area contributed by atoms with Crippen molar-refractivity contribution in [3.05, 3.63) is 40.2 Å². The fourth-order valence-corrected chi connectivity index (χ4v) is 2.22. The number of hydrogen-bond acceptors (Lipinski definition) is 5. The first-order valence-electron chi connectivity index (χ1n) is 5.88. The Bertz CT molecular complexity index is 715. The Labute approximate surface area is 108 Å². The van der Waals surface area contributed by atoms with Gasteiger partial charge < -0.3 is 13.9 Å². The van der Waals surface area contributed by atoms with Gasteiger partial charge in [0.2, 0.25) is 0 Å². The molecule has 1 aromatic carbocycles. The van der Waals surface area contributed by atoms with Crippen molar-refractivity contribution in [2.45, 2.75) is 19.1 Å². The molecule has 1 fully saturated rings. The Morgan fingerprint density at radius 2 is 2.00 bits per heavy atom. The van der Waals surface area contributed by atoms with Crippen molar-refractivity contribution in [2.75, 3.05) is 7.11 Å². The minimum Gasteiger partial charge on any atom is -0.496 e. The average molecular weight is 260 g/mol. The van der Waals surface area contributed by atoms with E-state index in [4.69, 9.17) is 13.9 Å². The van der Waals surface area contributed by atoms with Crippen LogP contribution < -0.4 is 10.4 Å². The molecular weight excluding hydrogens is 248 g/mol. The minimum absolute atomic E-state index is 0.0534. The summed E-state index contributed by atoms with van der Waals surface area (Å²) in [6.45, 7) is 1.47. The number of fused-ring (bicyclic) bond motifs is 1. The van der Waals surface area contributed by atoms with Crippen LogP contribution in [-0.2, 0) is 9.53 Å². The van der Waals surface area contributed by atoms with Crippen LogP contribution in [0.3, 0.4) is 0 Å². The molecule has 0 N–H and O–H groups in total. The second-order valence-corrected chi connectivity index (χ2v) is 4.44. The molecule has 5 heteroatoms. The fraction of sp³-hybridized carbons (Fsp3) is 0.286. The van der Waals surface area contributed by atoms with Gasteiger partial charge in [-0.2, -0.15) is 0 Å². The lowest BCUT2D eigenvalue weighted by Crippen LogP contribution is -2.04. The lowest BCUT2D eigenvalue weighted by Gasteiger charge is -2.08. The van der Waals surface area contributed by atoms with Crippen LogP contribution in [0.2, 0.25) is 0 Å². The summed E-state index contributed by atoms with van der Waals surface area (Å²) >= 11 is 0.